The van der Waals surface area contributed by atoms with Gasteiger partial charge in [0.25, 0.3) is 0 Å². The van der Waals surface area contributed by atoms with Crippen LogP contribution in [0.4, 0.5) is 0 Å². The predicted octanol–water partition coefficient (Wildman–Crippen LogP) is 14.7. The molecule has 0 saturated heterocycles. The second kappa shape index (κ2) is 23.6. The van der Waals surface area contributed by atoms with Gasteiger partial charge in [0.2, 0.25) is 0 Å². The van der Waals surface area contributed by atoms with Gasteiger partial charge in [-0.3, -0.25) is 0 Å². The van der Waals surface area contributed by atoms with Gasteiger partial charge in [-0.2, -0.15) is 5.26 Å². The molecule has 0 spiro atoms. The van der Waals surface area contributed by atoms with Gasteiger partial charge in [-0.1, -0.05) is 166 Å². The Labute approximate surface area is 304 Å². The van der Waals surface area contributed by atoms with Gasteiger partial charge in [-0.25, -0.2) is 0 Å². The molecule has 4 aromatic rings. The van der Waals surface area contributed by atoms with Gasteiger partial charge >= 0.3 is 0 Å². The molecule has 0 unspecified atom stereocenters. The lowest BCUT2D eigenvalue weighted by Crippen LogP contribution is -1.97. The Morgan fingerprint density at radius 1 is 0.480 bits per heavy atom. The maximum absolute atomic E-state index is 10.1. The number of unbranched alkanes of at least 4 members (excludes halogenated alkanes) is 18. The molecule has 0 amide bonds. The number of hydrogen-bond donors (Lipinski definition) is 0. The van der Waals surface area contributed by atoms with Gasteiger partial charge in [0.15, 0.2) is 0 Å². The molecular weight excluding hydrogens is 611 g/mol. The minimum absolute atomic E-state index is 0.656. The zero-order valence-electron chi connectivity index (χ0n) is 31.3. The fourth-order valence-electron chi connectivity index (χ4n) is 6.81. The van der Waals surface area contributed by atoms with E-state index in [1.54, 1.807) is 0 Å². The van der Waals surface area contributed by atoms with Crippen molar-refractivity contribution in [1.82, 2.24) is 0 Å². The van der Waals surface area contributed by atoms with Crippen LogP contribution in [0.1, 0.15) is 153 Å². The summed E-state index contributed by atoms with van der Waals surface area (Å²) >= 11 is 0. The van der Waals surface area contributed by atoms with E-state index >= 15 is 0 Å². The molecule has 0 aliphatic heterocycles. The van der Waals surface area contributed by atoms with E-state index in [2.05, 4.69) is 86.6 Å². The number of ether oxygens (including phenoxy) is 2. The molecule has 0 saturated carbocycles. The third-order valence-corrected chi connectivity index (χ3v) is 9.92. The molecule has 0 bridgehead atoms. The van der Waals surface area contributed by atoms with Crippen molar-refractivity contribution in [3.05, 3.63) is 83.9 Å². The average molecular weight is 674 g/mol. The van der Waals surface area contributed by atoms with Crippen LogP contribution in [0.15, 0.2) is 72.8 Å². The molecule has 268 valence electrons. The standard InChI is InChI=1S/C47H63NO2/c1-3-5-7-9-11-13-15-17-19-21-31-49-46-29-27-40-33-39(23-24-43(40)36-46)34-45(38-48)42-25-26-44-37-47(30-28-41(44)35-42)50-32-22-20-18-16-14-12-10-8-6-4-2/h23-30,33-37H,3-22,31-32H2,1-2H3/b45-34+. The van der Waals surface area contributed by atoms with Gasteiger partial charge < -0.3 is 9.47 Å². The van der Waals surface area contributed by atoms with E-state index in [1.165, 1.54) is 116 Å². The zero-order chi connectivity index (χ0) is 35.1. The molecule has 4 rings (SSSR count). The first-order valence-corrected chi connectivity index (χ1v) is 20.2. The molecule has 0 heterocycles. The smallest absolute Gasteiger partial charge is 0.119 e. The van der Waals surface area contributed by atoms with Crippen LogP contribution in [0.25, 0.3) is 33.2 Å². The summed E-state index contributed by atoms with van der Waals surface area (Å²) in [5.41, 5.74) is 2.60. The molecule has 0 N–H and O–H groups in total. The Bertz CT molecular complexity index is 1610. The van der Waals surface area contributed by atoms with Crippen LogP contribution in [0.3, 0.4) is 0 Å². The number of fused-ring (bicyclic) bond motifs is 2. The van der Waals surface area contributed by atoms with E-state index in [0.29, 0.717) is 5.57 Å². The molecule has 0 aliphatic carbocycles. The molecule has 0 aliphatic rings. The van der Waals surface area contributed by atoms with Crippen molar-refractivity contribution in [3.63, 3.8) is 0 Å². The second-order valence-electron chi connectivity index (χ2n) is 14.2. The average Bonchev–Trinajstić information content (AvgIpc) is 3.14. The van der Waals surface area contributed by atoms with E-state index < -0.39 is 0 Å². The summed E-state index contributed by atoms with van der Waals surface area (Å²) in [5.74, 6) is 1.85. The highest BCUT2D eigenvalue weighted by Gasteiger charge is 2.06. The van der Waals surface area contributed by atoms with E-state index in [0.717, 1.165) is 70.2 Å². The second-order valence-corrected chi connectivity index (χ2v) is 14.2. The number of rotatable bonds is 26. The largest absolute Gasteiger partial charge is 0.494 e. The van der Waals surface area contributed by atoms with Gasteiger partial charge in [0, 0.05) is 0 Å². The van der Waals surface area contributed by atoms with Crippen molar-refractivity contribution in [2.75, 3.05) is 13.2 Å². The topological polar surface area (TPSA) is 42.2 Å². The lowest BCUT2D eigenvalue weighted by atomic mass is 9.99. The van der Waals surface area contributed by atoms with Crippen molar-refractivity contribution in [2.45, 2.75) is 142 Å². The van der Waals surface area contributed by atoms with Crippen molar-refractivity contribution in [1.29, 1.82) is 5.26 Å². The van der Waals surface area contributed by atoms with Gasteiger partial charge in [0.05, 0.1) is 24.9 Å². The van der Waals surface area contributed by atoms with E-state index in [9.17, 15) is 5.26 Å². The van der Waals surface area contributed by atoms with Crippen molar-refractivity contribution < 1.29 is 9.47 Å². The third-order valence-electron chi connectivity index (χ3n) is 9.92. The highest BCUT2D eigenvalue weighted by molar-refractivity contribution is 5.96. The van der Waals surface area contributed by atoms with Crippen molar-refractivity contribution in [3.8, 4) is 17.6 Å². The summed E-state index contributed by atoms with van der Waals surface area (Å²) in [7, 11) is 0. The first-order valence-electron chi connectivity index (χ1n) is 20.2. The van der Waals surface area contributed by atoms with E-state index in [1.807, 2.05) is 12.1 Å². The number of allylic oxidation sites excluding steroid dienone is 1. The van der Waals surface area contributed by atoms with Gasteiger partial charge in [-0.05, 0) is 88.0 Å². The van der Waals surface area contributed by atoms with Crippen LogP contribution in [0.5, 0.6) is 11.5 Å². The summed E-state index contributed by atoms with van der Waals surface area (Å²) in [5, 5.41) is 14.6. The lowest BCUT2D eigenvalue weighted by Gasteiger charge is -2.09. The molecule has 3 nitrogen and oxygen atoms in total. The Morgan fingerprint density at radius 3 is 1.36 bits per heavy atom. The number of nitriles is 1. The molecule has 0 atom stereocenters. The van der Waals surface area contributed by atoms with E-state index in [4.69, 9.17) is 9.47 Å². The first kappa shape index (κ1) is 39.0. The molecule has 50 heavy (non-hydrogen) atoms. The number of hydrogen-bond acceptors (Lipinski definition) is 3. The summed E-state index contributed by atoms with van der Waals surface area (Å²) < 4.78 is 12.2. The number of nitrogens with zero attached hydrogens (tertiary/aromatic N) is 1. The van der Waals surface area contributed by atoms with E-state index in [-0.39, 0.29) is 0 Å². The SMILES string of the molecule is CCCCCCCCCCCCOc1ccc2cc(/C=C(\C#N)c3ccc4cc(OCCCCCCCCCCCC)ccc4c3)ccc2c1. The van der Waals surface area contributed by atoms with Gasteiger partial charge in [0.1, 0.15) is 11.5 Å². The first-order chi connectivity index (χ1) is 24.7. The minimum atomic E-state index is 0.656. The fourth-order valence-corrected chi connectivity index (χ4v) is 6.81. The van der Waals surface area contributed by atoms with Crippen LogP contribution in [-0.4, -0.2) is 13.2 Å². The molecular formula is C47H63NO2. The maximum Gasteiger partial charge on any atom is 0.119 e. The summed E-state index contributed by atoms with van der Waals surface area (Å²) in [6.07, 6.45) is 28.5. The Morgan fingerprint density at radius 2 is 0.880 bits per heavy atom. The monoisotopic (exact) mass is 673 g/mol. The minimum Gasteiger partial charge on any atom is -0.494 e. The number of benzene rings is 4. The summed E-state index contributed by atoms with van der Waals surface area (Å²) in [6, 6.07) is 27.6. The normalized spacial score (nSPS) is 11.7. The fraction of sp³-hybridized carbons (Fsp3) is 0.511. The van der Waals surface area contributed by atoms with Crippen LogP contribution in [0, 0.1) is 11.3 Å². The molecule has 0 fully saturated rings. The van der Waals surface area contributed by atoms with Crippen LogP contribution in [0.2, 0.25) is 0 Å². The maximum atomic E-state index is 10.1. The Balaban J connectivity index is 1.21. The quantitative estimate of drug-likeness (QED) is 0.0378. The third kappa shape index (κ3) is 14.2. The Kier molecular flexibility index (Phi) is 18.4. The molecule has 4 aromatic carbocycles. The Hall–Kier alpha value is -3.77. The predicted molar refractivity (Wildman–Crippen MR) is 216 cm³/mol. The zero-order valence-corrected chi connectivity index (χ0v) is 31.3. The van der Waals surface area contributed by atoms with Crippen molar-refractivity contribution >= 4 is 33.2 Å². The summed E-state index contributed by atoms with van der Waals surface area (Å²) in [6.45, 7) is 6.09. The van der Waals surface area contributed by atoms with Crippen molar-refractivity contribution in [2.24, 2.45) is 0 Å². The molecule has 0 aromatic heterocycles. The lowest BCUT2D eigenvalue weighted by molar-refractivity contribution is 0.304. The van der Waals surface area contributed by atoms with Crippen LogP contribution < -0.4 is 9.47 Å². The molecule has 0 radical (unpaired) electrons. The highest BCUT2D eigenvalue weighted by Crippen LogP contribution is 2.28. The molecule has 3 heteroatoms. The highest BCUT2D eigenvalue weighted by atomic mass is 16.5. The summed E-state index contributed by atoms with van der Waals surface area (Å²) in [4.78, 5) is 0. The van der Waals surface area contributed by atoms with Crippen LogP contribution >= 0.6 is 0 Å². The van der Waals surface area contributed by atoms with Gasteiger partial charge in [-0.15, -0.1) is 0 Å². The van der Waals surface area contributed by atoms with Crippen LogP contribution in [-0.2, 0) is 0 Å².